The van der Waals surface area contributed by atoms with Crippen LogP contribution in [0.5, 0.6) is 5.75 Å². The summed E-state index contributed by atoms with van der Waals surface area (Å²) in [6.45, 7) is 1.21. The van der Waals surface area contributed by atoms with Gasteiger partial charge in [0.05, 0.1) is 18.1 Å². The van der Waals surface area contributed by atoms with Gasteiger partial charge in [-0.25, -0.2) is 13.1 Å². The van der Waals surface area contributed by atoms with Gasteiger partial charge in [0, 0.05) is 12.6 Å². The van der Waals surface area contributed by atoms with Gasteiger partial charge in [0.2, 0.25) is 10.0 Å². The normalized spacial score (nSPS) is 19.8. The Balaban J connectivity index is 2.01. The van der Waals surface area contributed by atoms with Crippen molar-refractivity contribution < 1.29 is 23.0 Å². The van der Waals surface area contributed by atoms with Crippen molar-refractivity contribution in [3.05, 3.63) is 24.3 Å². The molecule has 1 aromatic rings. The van der Waals surface area contributed by atoms with Gasteiger partial charge in [0.1, 0.15) is 12.4 Å². The topological polar surface area (TPSA) is 84.9 Å². The molecule has 0 spiro atoms. The third-order valence-electron chi connectivity index (χ3n) is 2.98. The number of aliphatic hydroxyl groups is 1. The van der Waals surface area contributed by atoms with Gasteiger partial charge in [-0.2, -0.15) is 0 Å². The number of rotatable bonds is 6. The van der Waals surface area contributed by atoms with Gasteiger partial charge in [0.15, 0.2) is 0 Å². The van der Waals surface area contributed by atoms with Crippen molar-refractivity contribution in [2.45, 2.75) is 23.8 Å². The van der Waals surface area contributed by atoms with E-state index < -0.39 is 10.0 Å². The van der Waals surface area contributed by atoms with Crippen molar-refractivity contribution in [1.82, 2.24) is 4.72 Å². The molecule has 1 aliphatic rings. The first-order valence-electron chi connectivity index (χ1n) is 6.55. The van der Waals surface area contributed by atoms with Crippen molar-refractivity contribution in [2.24, 2.45) is 0 Å². The molecule has 1 aliphatic heterocycles. The smallest absolute Gasteiger partial charge is 0.240 e. The predicted octanol–water partition coefficient (Wildman–Crippen LogP) is 0.515. The third-order valence-corrected chi connectivity index (χ3v) is 4.51. The Morgan fingerprint density at radius 1 is 1.35 bits per heavy atom. The first kappa shape index (κ1) is 15.2. The molecule has 1 aromatic carbocycles. The summed E-state index contributed by atoms with van der Waals surface area (Å²) >= 11 is 0. The van der Waals surface area contributed by atoms with Crippen LogP contribution in [0, 0.1) is 0 Å². The second-order valence-corrected chi connectivity index (χ2v) is 6.29. The molecular formula is C13H19NO5S. The van der Waals surface area contributed by atoms with E-state index >= 15 is 0 Å². The Bertz CT molecular complexity index is 508. The SMILES string of the molecule is O=S(=O)(NC1CCCOC1)c1ccc(OCCO)cc1. The standard InChI is InChI=1S/C13H19NO5S/c15-7-9-19-12-3-5-13(6-4-12)20(16,17)14-11-2-1-8-18-10-11/h3-6,11,14-15H,1-2,7-10H2. The highest BCUT2D eigenvalue weighted by atomic mass is 32.2. The molecule has 0 saturated carbocycles. The van der Waals surface area contributed by atoms with Crippen molar-refractivity contribution in [3.63, 3.8) is 0 Å². The molecule has 0 bridgehead atoms. The van der Waals surface area contributed by atoms with Crippen LogP contribution in [0.1, 0.15) is 12.8 Å². The van der Waals surface area contributed by atoms with Crippen LogP contribution in [-0.2, 0) is 14.8 Å². The van der Waals surface area contributed by atoms with Crippen molar-refractivity contribution in [3.8, 4) is 5.75 Å². The molecule has 0 aromatic heterocycles. The van der Waals surface area contributed by atoms with E-state index in [2.05, 4.69) is 4.72 Å². The number of ether oxygens (including phenoxy) is 2. The fourth-order valence-corrected chi connectivity index (χ4v) is 3.25. The Morgan fingerprint density at radius 2 is 2.10 bits per heavy atom. The van der Waals surface area contributed by atoms with Gasteiger partial charge in [-0.1, -0.05) is 0 Å². The second kappa shape index (κ2) is 7.03. The van der Waals surface area contributed by atoms with E-state index in [4.69, 9.17) is 14.6 Å². The number of benzene rings is 1. The fraction of sp³-hybridized carbons (Fsp3) is 0.538. The van der Waals surface area contributed by atoms with Crippen molar-refractivity contribution in [1.29, 1.82) is 0 Å². The fourth-order valence-electron chi connectivity index (χ4n) is 2.00. The van der Waals surface area contributed by atoms with Crippen LogP contribution in [0.25, 0.3) is 0 Å². The third kappa shape index (κ3) is 4.17. The molecule has 7 heteroatoms. The average Bonchev–Trinajstić information content (AvgIpc) is 2.46. The molecule has 1 saturated heterocycles. The summed E-state index contributed by atoms with van der Waals surface area (Å²) in [6, 6.07) is 5.94. The van der Waals surface area contributed by atoms with E-state index in [-0.39, 0.29) is 24.2 Å². The summed E-state index contributed by atoms with van der Waals surface area (Å²) < 4.78 is 37.4. The van der Waals surface area contributed by atoms with Gasteiger partial charge >= 0.3 is 0 Å². The molecule has 20 heavy (non-hydrogen) atoms. The van der Waals surface area contributed by atoms with E-state index in [0.717, 1.165) is 12.8 Å². The van der Waals surface area contributed by atoms with E-state index in [0.29, 0.717) is 19.0 Å². The minimum atomic E-state index is -3.53. The van der Waals surface area contributed by atoms with Crippen LogP contribution in [-0.4, -0.2) is 46.0 Å². The van der Waals surface area contributed by atoms with Crippen LogP contribution in [0.4, 0.5) is 0 Å². The monoisotopic (exact) mass is 301 g/mol. The average molecular weight is 301 g/mol. The van der Waals surface area contributed by atoms with E-state index in [1.165, 1.54) is 12.1 Å². The molecule has 112 valence electrons. The lowest BCUT2D eigenvalue weighted by Gasteiger charge is -2.23. The maximum atomic E-state index is 12.2. The number of hydrogen-bond acceptors (Lipinski definition) is 5. The van der Waals surface area contributed by atoms with Crippen LogP contribution >= 0.6 is 0 Å². The number of hydrogen-bond donors (Lipinski definition) is 2. The predicted molar refractivity (Wildman–Crippen MR) is 73.2 cm³/mol. The molecule has 1 atom stereocenters. The summed E-state index contributed by atoms with van der Waals surface area (Å²) in [7, 11) is -3.53. The maximum Gasteiger partial charge on any atom is 0.240 e. The zero-order valence-electron chi connectivity index (χ0n) is 11.1. The van der Waals surface area contributed by atoms with Crippen molar-refractivity contribution >= 4 is 10.0 Å². The lowest BCUT2D eigenvalue weighted by Crippen LogP contribution is -2.40. The van der Waals surface area contributed by atoms with Gasteiger partial charge in [-0.15, -0.1) is 0 Å². The number of sulfonamides is 1. The molecule has 0 amide bonds. The largest absolute Gasteiger partial charge is 0.491 e. The van der Waals surface area contributed by atoms with Crippen LogP contribution in [0.3, 0.4) is 0 Å². The molecule has 0 aliphatic carbocycles. The van der Waals surface area contributed by atoms with E-state index in [1.54, 1.807) is 12.1 Å². The van der Waals surface area contributed by atoms with E-state index in [1.807, 2.05) is 0 Å². The molecule has 1 fully saturated rings. The quantitative estimate of drug-likeness (QED) is 0.800. The van der Waals surface area contributed by atoms with Gasteiger partial charge in [-0.3, -0.25) is 0 Å². The van der Waals surface area contributed by atoms with Crippen molar-refractivity contribution in [2.75, 3.05) is 26.4 Å². The zero-order chi connectivity index (χ0) is 14.4. The first-order valence-corrected chi connectivity index (χ1v) is 8.04. The minimum Gasteiger partial charge on any atom is -0.491 e. The molecule has 2 rings (SSSR count). The Hall–Kier alpha value is -1.15. The molecule has 6 nitrogen and oxygen atoms in total. The summed E-state index contributed by atoms with van der Waals surface area (Å²) in [5.41, 5.74) is 0. The number of aliphatic hydroxyl groups excluding tert-OH is 1. The molecule has 1 unspecified atom stereocenters. The second-order valence-electron chi connectivity index (χ2n) is 4.58. The van der Waals surface area contributed by atoms with Gasteiger partial charge in [-0.05, 0) is 37.1 Å². The highest BCUT2D eigenvalue weighted by Gasteiger charge is 2.22. The minimum absolute atomic E-state index is 0.0801. The summed E-state index contributed by atoms with van der Waals surface area (Å²) in [5, 5.41) is 8.65. The van der Waals surface area contributed by atoms with Crippen LogP contribution in [0.15, 0.2) is 29.2 Å². The van der Waals surface area contributed by atoms with Crippen LogP contribution < -0.4 is 9.46 Å². The molecular weight excluding hydrogens is 282 g/mol. The summed E-state index contributed by atoms with van der Waals surface area (Å²) in [6.07, 6.45) is 1.65. The lowest BCUT2D eigenvalue weighted by molar-refractivity contribution is 0.0774. The summed E-state index contributed by atoms with van der Waals surface area (Å²) in [4.78, 5) is 0.194. The molecule has 0 radical (unpaired) electrons. The Morgan fingerprint density at radius 3 is 2.70 bits per heavy atom. The maximum absolute atomic E-state index is 12.2. The van der Waals surface area contributed by atoms with E-state index in [9.17, 15) is 8.42 Å². The number of nitrogens with one attached hydrogen (secondary N) is 1. The highest BCUT2D eigenvalue weighted by Crippen LogP contribution is 2.17. The van der Waals surface area contributed by atoms with Crippen LogP contribution in [0.2, 0.25) is 0 Å². The molecule has 2 N–H and O–H groups in total. The van der Waals surface area contributed by atoms with Gasteiger partial charge < -0.3 is 14.6 Å². The zero-order valence-corrected chi connectivity index (χ0v) is 11.9. The Labute approximate surface area is 118 Å². The first-order chi connectivity index (χ1) is 9.62. The molecule has 1 heterocycles. The summed E-state index contributed by atoms with van der Waals surface area (Å²) in [5.74, 6) is 0.527. The lowest BCUT2D eigenvalue weighted by atomic mass is 10.1. The highest BCUT2D eigenvalue weighted by molar-refractivity contribution is 7.89. The Kier molecular flexibility index (Phi) is 5.36. The van der Waals surface area contributed by atoms with Gasteiger partial charge in [0.25, 0.3) is 0 Å².